The zero-order valence-corrected chi connectivity index (χ0v) is 19.7. The summed E-state index contributed by atoms with van der Waals surface area (Å²) in [6.45, 7) is 9.27. The van der Waals surface area contributed by atoms with E-state index in [0.29, 0.717) is 11.4 Å². The number of hydrogen-bond acceptors (Lipinski definition) is 5. The number of anilines is 1. The van der Waals surface area contributed by atoms with Crippen LogP contribution in [0.5, 0.6) is 0 Å². The van der Waals surface area contributed by atoms with E-state index in [-0.39, 0.29) is 11.1 Å². The molecule has 0 amide bonds. The van der Waals surface area contributed by atoms with Gasteiger partial charge in [0.25, 0.3) is 5.56 Å². The Morgan fingerprint density at radius 2 is 1.97 bits per heavy atom. The van der Waals surface area contributed by atoms with Crippen LogP contribution in [0.2, 0.25) is 0 Å². The van der Waals surface area contributed by atoms with E-state index < -0.39 is 6.04 Å². The Kier molecular flexibility index (Phi) is 5.27. The van der Waals surface area contributed by atoms with Gasteiger partial charge in [0.15, 0.2) is 5.82 Å². The highest BCUT2D eigenvalue weighted by Gasteiger charge is 2.36. The van der Waals surface area contributed by atoms with E-state index in [4.69, 9.17) is 0 Å². The number of aromatic nitrogens is 5. The number of rotatable bonds is 5. The first-order valence-corrected chi connectivity index (χ1v) is 11.7. The van der Waals surface area contributed by atoms with Gasteiger partial charge in [-0.25, -0.2) is 4.68 Å². The number of para-hydroxylation sites is 1. The van der Waals surface area contributed by atoms with Crippen LogP contribution >= 0.6 is 0 Å². The van der Waals surface area contributed by atoms with Crippen molar-refractivity contribution in [2.75, 3.05) is 11.4 Å². The summed E-state index contributed by atoms with van der Waals surface area (Å²) in [7, 11) is 0. The van der Waals surface area contributed by atoms with Gasteiger partial charge >= 0.3 is 0 Å². The van der Waals surface area contributed by atoms with Crippen molar-refractivity contribution in [3.05, 3.63) is 81.4 Å². The maximum Gasteiger partial charge on any atom is 0.254 e. The molecule has 5 rings (SSSR count). The van der Waals surface area contributed by atoms with Gasteiger partial charge in [-0.15, -0.1) is 5.10 Å². The number of aromatic amines is 1. The number of tetrazole rings is 1. The molecule has 170 valence electrons. The molecule has 7 heteroatoms. The zero-order valence-electron chi connectivity index (χ0n) is 19.7. The van der Waals surface area contributed by atoms with Gasteiger partial charge in [-0.3, -0.25) is 4.79 Å². The summed E-state index contributed by atoms with van der Waals surface area (Å²) in [6.07, 6.45) is 2.90. The molecule has 1 N–H and O–H groups in total. The van der Waals surface area contributed by atoms with Crippen LogP contribution in [0, 0.1) is 6.92 Å². The summed E-state index contributed by atoms with van der Waals surface area (Å²) in [4.78, 5) is 18.9. The first kappa shape index (κ1) is 21.4. The highest BCUT2D eigenvalue weighted by molar-refractivity contribution is 5.80. The van der Waals surface area contributed by atoms with E-state index in [0.717, 1.165) is 48.0 Å². The van der Waals surface area contributed by atoms with Crippen molar-refractivity contribution in [1.29, 1.82) is 0 Å². The van der Waals surface area contributed by atoms with Crippen LogP contribution in [0.25, 0.3) is 10.9 Å². The molecular formula is C26H30N6O. The normalized spacial score (nSPS) is 15.0. The molecule has 0 spiro atoms. The Morgan fingerprint density at radius 1 is 1.15 bits per heavy atom. The number of benzene rings is 2. The highest BCUT2D eigenvalue weighted by atomic mass is 16.1. The van der Waals surface area contributed by atoms with Crippen molar-refractivity contribution in [3.63, 3.8) is 0 Å². The third kappa shape index (κ3) is 3.71. The Bertz CT molecular complexity index is 1370. The summed E-state index contributed by atoms with van der Waals surface area (Å²) >= 11 is 0. The van der Waals surface area contributed by atoms with Crippen molar-refractivity contribution in [3.8, 4) is 0 Å². The summed E-state index contributed by atoms with van der Waals surface area (Å²) in [5.41, 5.74) is 4.68. The molecule has 0 fully saturated rings. The molecular weight excluding hydrogens is 412 g/mol. The molecule has 0 saturated carbocycles. The van der Waals surface area contributed by atoms with Crippen molar-refractivity contribution < 1.29 is 0 Å². The molecule has 4 aromatic rings. The minimum atomic E-state index is -0.402. The van der Waals surface area contributed by atoms with Crippen LogP contribution in [0.15, 0.2) is 53.3 Å². The van der Waals surface area contributed by atoms with Crippen LogP contribution in [0.4, 0.5) is 5.69 Å². The summed E-state index contributed by atoms with van der Waals surface area (Å²) in [5.74, 6) is 0.691. The first-order valence-electron chi connectivity index (χ1n) is 11.7. The van der Waals surface area contributed by atoms with Crippen molar-refractivity contribution in [1.82, 2.24) is 25.2 Å². The van der Waals surface area contributed by atoms with E-state index >= 15 is 0 Å². The van der Waals surface area contributed by atoms with E-state index in [9.17, 15) is 4.79 Å². The molecule has 33 heavy (non-hydrogen) atoms. The predicted octanol–water partition coefficient (Wildman–Crippen LogP) is 4.51. The Morgan fingerprint density at radius 3 is 2.79 bits per heavy atom. The molecule has 7 nitrogen and oxygen atoms in total. The van der Waals surface area contributed by atoms with E-state index in [1.807, 2.05) is 22.9 Å². The number of nitrogens with one attached hydrogen (secondary N) is 1. The number of aryl methyl sites for hydroxylation is 2. The number of fused-ring (bicyclic) bond motifs is 2. The van der Waals surface area contributed by atoms with Crippen LogP contribution < -0.4 is 10.5 Å². The maximum absolute atomic E-state index is 13.5. The fourth-order valence-corrected chi connectivity index (χ4v) is 4.77. The smallest absolute Gasteiger partial charge is 0.254 e. The fourth-order valence-electron chi connectivity index (χ4n) is 4.77. The molecule has 1 atom stereocenters. The topological polar surface area (TPSA) is 79.7 Å². The molecule has 0 unspecified atom stereocenters. The molecule has 2 aromatic heterocycles. The molecule has 1 aliphatic rings. The Labute approximate surface area is 193 Å². The van der Waals surface area contributed by atoms with Crippen LogP contribution in [0.1, 0.15) is 62.2 Å². The second kappa shape index (κ2) is 8.14. The largest absolute Gasteiger partial charge is 0.357 e. The lowest BCUT2D eigenvalue weighted by Crippen LogP contribution is -2.40. The lowest BCUT2D eigenvalue weighted by molar-refractivity contribution is 0.287. The average Bonchev–Trinajstić information content (AvgIpc) is 3.30. The number of H-pyrrole nitrogens is 1. The third-order valence-corrected chi connectivity index (χ3v) is 6.96. The third-order valence-electron chi connectivity index (χ3n) is 6.96. The summed E-state index contributed by atoms with van der Waals surface area (Å²) in [5, 5.41) is 14.0. The Balaban J connectivity index is 1.77. The van der Waals surface area contributed by atoms with Crippen molar-refractivity contribution in [2.45, 2.75) is 58.5 Å². The van der Waals surface area contributed by atoms with Gasteiger partial charge in [0.2, 0.25) is 0 Å². The molecule has 2 aromatic carbocycles. The maximum atomic E-state index is 13.5. The summed E-state index contributed by atoms with van der Waals surface area (Å²) in [6, 6.07) is 16.1. The van der Waals surface area contributed by atoms with Gasteiger partial charge in [-0.05, 0) is 85.7 Å². The van der Waals surface area contributed by atoms with Gasteiger partial charge < -0.3 is 9.88 Å². The van der Waals surface area contributed by atoms with Gasteiger partial charge in [0.1, 0.15) is 6.04 Å². The summed E-state index contributed by atoms with van der Waals surface area (Å²) < 4.78 is 1.90. The SMILES string of the molecule is CCC(C)(C)n1nnnc1[C@H](c1cc2cc(C)ccc2[nH]c1=O)N1CCCc2ccccc21. The average molecular weight is 443 g/mol. The van der Waals surface area contributed by atoms with Crippen LogP contribution in [0.3, 0.4) is 0 Å². The number of hydrogen-bond donors (Lipinski definition) is 1. The minimum absolute atomic E-state index is 0.108. The van der Waals surface area contributed by atoms with Crippen molar-refractivity contribution in [2.24, 2.45) is 0 Å². The van der Waals surface area contributed by atoms with Crippen molar-refractivity contribution >= 4 is 16.6 Å². The van der Waals surface area contributed by atoms with Crippen LogP contribution in [-0.2, 0) is 12.0 Å². The van der Waals surface area contributed by atoms with Gasteiger partial charge in [0, 0.05) is 23.3 Å². The second-order valence-electron chi connectivity index (χ2n) is 9.59. The highest BCUT2D eigenvalue weighted by Crippen LogP contribution is 2.37. The molecule has 0 radical (unpaired) electrons. The first-order chi connectivity index (χ1) is 15.9. The van der Waals surface area contributed by atoms with E-state index in [1.54, 1.807) is 0 Å². The standard InChI is InChI=1S/C26H30N6O/c1-5-26(3,4)32-24(28-29-30-32)23(31-14-8-10-18-9-6-7-11-22(18)31)20-16-19-15-17(2)12-13-21(19)27-25(20)33/h6-7,9,11-13,15-16,23H,5,8,10,14H2,1-4H3,(H,27,33)/t23-/m0/s1. The molecule has 0 aliphatic carbocycles. The Hall–Kier alpha value is -3.48. The predicted molar refractivity (Wildman–Crippen MR) is 131 cm³/mol. The zero-order chi connectivity index (χ0) is 23.2. The lowest BCUT2D eigenvalue weighted by atomic mass is 9.95. The molecule has 0 bridgehead atoms. The lowest BCUT2D eigenvalue weighted by Gasteiger charge is -2.38. The molecule has 3 heterocycles. The monoisotopic (exact) mass is 442 g/mol. The second-order valence-corrected chi connectivity index (χ2v) is 9.59. The molecule has 1 aliphatic heterocycles. The van der Waals surface area contributed by atoms with Crippen LogP contribution in [-0.4, -0.2) is 31.7 Å². The number of nitrogens with zero attached hydrogens (tertiary/aromatic N) is 5. The van der Waals surface area contributed by atoms with E-state index in [1.165, 1.54) is 5.56 Å². The fraction of sp³-hybridized carbons (Fsp3) is 0.385. The van der Waals surface area contributed by atoms with Gasteiger partial charge in [0.05, 0.1) is 5.54 Å². The quantitative estimate of drug-likeness (QED) is 0.492. The van der Waals surface area contributed by atoms with E-state index in [2.05, 4.69) is 83.4 Å². The number of pyridine rings is 1. The molecule has 0 saturated heterocycles. The van der Waals surface area contributed by atoms with Gasteiger partial charge in [-0.2, -0.15) is 0 Å². The minimum Gasteiger partial charge on any atom is -0.357 e. The van der Waals surface area contributed by atoms with Gasteiger partial charge in [-0.1, -0.05) is 36.8 Å².